The van der Waals surface area contributed by atoms with Crippen molar-refractivity contribution in [1.82, 2.24) is 14.5 Å². The molecular weight excluding hydrogens is 383 g/mol. The quantitative estimate of drug-likeness (QED) is 0.628. The summed E-state index contributed by atoms with van der Waals surface area (Å²) in [4.78, 5) is 22.5. The molecule has 27 heavy (non-hydrogen) atoms. The van der Waals surface area contributed by atoms with Crippen molar-refractivity contribution in [2.75, 3.05) is 38.1 Å². The Labute approximate surface area is 167 Å². The molecule has 4 rings (SSSR count). The van der Waals surface area contributed by atoms with E-state index in [1.165, 1.54) is 4.57 Å². The Hall–Kier alpha value is -2.08. The fourth-order valence-corrected chi connectivity index (χ4v) is 3.85. The predicted molar refractivity (Wildman–Crippen MR) is 112 cm³/mol. The minimum atomic E-state index is -0.153. The Bertz CT molecular complexity index is 1040. The highest BCUT2D eigenvalue weighted by atomic mass is 35.5. The van der Waals surface area contributed by atoms with E-state index in [0.29, 0.717) is 27.4 Å². The van der Waals surface area contributed by atoms with Crippen LogP contribution in [0.25, 0.3) is 16.6 Å². The van der Waals surface area contributed by atoms with Gasteiger partial charge in [-0.3, -0.25) is 9.36 Å². The van der Waals surface area contributed by atoms with Gasteiger partial charge in [0.25, 0.3) is 5.56 Å². The Morgan fingerprint density at radius 3 is 2.52 bits per heavy atom. The van der Waals surface area contributed by atoms with Crippen LogP contribution in [0, 0.1) is 0 Å². The molecule has 0 radical (unpaired) electrons. The van der Waals surface area contributed by atoms with Gasteiger partial charge >= 0.3 is 0 Å². The number of rotatable bonds is 3. The summed E-state index contributed by atoms with van der Waals surface area (Å²) >= 11 is 12.4. The van der Waals surface area contributed by atoms with E-state index in [2.05, 4.69) is 21.8 Å². The summed E-state index contributed by atoms with van der Waals surface area (Å²) in [7, 11) is 2.12. The summed E-state index contributed by atoms with van der Waals surface area (Å²) in [5.41, 5.74) is 2.13. The predicted octanol–water partition coefficient (Wildman–Crippen LogP) is 3.53. The first-order chi connectivity index (χ1) is 13.1. The van der Waals surface area contributed by atoms with Gasteiger partial charge in [0.1, 0.15) is 5.82 Å². The van der Waals surface area contributed by atoms with Crippen molar-refractivity contribution in [3.05, 3.63) is 63.7 Å². The van der Waals surface area contributed by atoms with Crippen LogP contribution in [0.15, 0.2) is 47.3 Å². The molecule has 2 heterocycles. The monoisotopic (exact) mass is 402 g/mol. The van der Waals surface area contributed by atoms with Crippen LogP contribution in [-0.2, 0) is 5.88 Å². The van der Waals surface area contributed by atoms with Gasteiger partial charge in [-0.2, -0.15) is 0 Å². The molecule has 1 aliphatic rings. The third-order valence-electron chi connectivity index (χ3n) is 5.00. The second-order valence-electron chi connectivity index (χ2n) is 6.75. The molecule has 1 saturated heterocycles. The second kappa shape index (κ2) is 7.50. The third kappa shape index (κ3) is 3.43. The summed E-state index contributed by atoms with van der Waals surface area (Å²) in [6, 6.07) is 13.1. The lowest BCUT2D eigenvalue weighted by Crippen LogP contribution is -2.44. The van der Waals surface area contributed by atoms with Gasteiger partial charge in [-0.05, 0) is 37.4 Å². The average molecular weight is 403 g/mol. The number of likely N-dealkylation sites (N-methyl/N-ethyl adjacent to an activating group) is 1. The van der Waals surface area contributed by atoms with Crippen LogP contribution in [0.3, 0.4) is 0 Å². The van der Waals surface area contributed by atoms with E-state index >= 15 is 0 Å². The van der Waals surface area contributed by atoms with E-state index < -0.39 is 0 Å². The number of halogens is 2. The van der Waals surface area contributed by atoms with Crippen LogP contribution >= 0.6 is 23.2 Å². The normalized spacial score (nSPS) is 15.4. The molecule has 0 spiro atoms. The van der Waals surface area contributed by atoms with E-state index in [1.807, 2.05) is 30.3 Å². The minimum Gasteiger partial charge on any atom is -0.369 e. The zero-order valence-corrected chi connectivity index (χ0v) is 16.5. The Balaban J connectivity index is 1.88. The molecule has 0 atom stereocenters. The first kappa shape index (κ1) is 18.3. The molecular formula is C20H20Cl2N4O. The molecule has 1 aromatic heterocycles. The Morgan fingerprint density at radius 2 is 1.81 bits per heavy atom. The maximum atomic E-state index is 13.3. The van der Waals surface area contributed by atoms with Crippen LogP contribution in [0.1, 0.15) is 5.82 Å². The molecule has 0 bridgehead atoms. The number of nitrogens with zero attached hydrogens (tertiary/aromatic N) is 4. The molecule has 1 fully saturated rings. The van der Waals surface area contributed by atoms with Crippen molar-refractivity contribution in [3.8, 4) is 5.69 Å². The van der Waals surface area contributed by atoms with Crippen LogP contribution < -0.4 is 10.5 Å². The van der Waals surface area contributed by atoms with E-state index in [1.54, 1.807) is 12.1 Å². The lowest BCUT2D eigenvalue weighted by molar-refractivity contribution is 0.313. The molecule has 3 aromatic rings. The second-order valence-corrected chi connectivity index (χ2v) is 7.42. The molecule has 0 aliphatic carbocycles. The van der Waals surface area contributed by atoms with Gasteiger partial charge in [0, 0.05) is 31.9 Å². The maximum absolute atomic E-state index is 13.3. The molecule has 0 saturated carbocycles. The van der Waals surface area contributed by atoms with E-state index in [0.717, 1.165) is 31.9 Å². The van der Waals surface area contributed by atoms with Gasteiger partial charge in [-0.25, -0.2) is 4.98 Å². The lowest BCUT2D eigenvalue weighted by atomic mass is 10.1. The Kier molecular flexibility index (Phi) is 5.08. The number of anilines is 1. The fourth-order valence-electron chi connectivity index (χ4n) is 3.45. The van der Waals surface area contributed by atoms with Gasteiger partial charge in [0.05, 0.1) is 27.5 Å². The minimum absolute atomic E-state index is 0.122. The molecule has 0 unspecified atom stereocenters. The van der Waals surface area contributed by atoms with Gasteiger partial charge < -0.3 is 9.80 Å². The standard InChI is InChI=1S/C20H20Cl2N4O/c1-24-8-10-25(11-9-24)14-6-7-17-15(12-14)20(27)26(19(13-21)23-17)18-5-3-2-4-16(18)22/h2-7,12H,8-11,13H2,1H3. The lowest BCUT2D eigenvalue weighted by Gasteiger charge is -2.34. The SMILES string of the molecule is CN1CCN(c2ccc3nc(CCl)n(-c4ccccc4Cl)c(=O)c3c2)CC1. The van der Waals surface area contributed by atoms with Crippen LogP contribution in [0.4, 0.5) is 5.69 Å². The summed E-state index contributed by atoms with van der Waals surface area (Å²) in [5, 5.41) is 1.06. The molecule has 0 N–H and O–H groups in total. The first-order valence-electron chi connectivity index (χ1n) is 8.88. The molecule has 7 heteroatoms. The molecule has 0 amide bonds. The summed E-state index contributed by atoms with van der Waals surface area (Å²) in [6.45, 7) is 3.89. The van der Waals surface area contributed by atoms with E-state index in [-0.39, 0.29) is 11.4 Å². The molecule has 5 nitrogen and oxygen atoms in total. The molecule has 140 valence electrons. The van der Waals surface area contributed by atoms with E-state index in [9.17, 15) is 4.79 Å². The topological polar surface area (TPSA) is 41.4 Å². The average Bonchev–Trinajstić information content (AvgIpc) is 2.69. The number of para-hydroxylation sites is 1. The van der Waals surface area contributed by atoms with Gasteiger partial charge in [-0.1, -0.05) is 23.7 Å². The van der Waals surface area contributed by atoms with Crippen molar-refractivity contribution in [2.24, 2.45) is 0 Å². The van der Waals surface area contributed by atoms with Gasteiger partial charge in [0.2, 0.25) is 0 Å². The van der Waals surface area contributed by atoms with Crippen LogP contribution in [0.5, 0.6) is 0 Å². The highest BCUT2D eigenvalue weighted by molar-refractivity contribution is 6.32. The van der Waals surface area contributed by atoms with Crippen molar-refractivity contribution in [1.29, 1.82) is 0 Å². The van der Waals surface area contributed by atoms with E-state index in [4.69, 9.17) is 23.2 Å². The number of hydrogen-bond donors (Lipinski definition) is 0. The summed E-state index contributed by atoms with van der Waals surface area (Å²) < 4.78 is 1.52. The molecule has 2 aromatic carbocycles. The van der Waals surface area contributed by atoms with Gasteiger partial charge in [0.15, 0.2) is 0 Å². The smallest absolute Gasteiger partial charge is 0.266 e. The molecule has 1 aliphatic heterocycles. The number of fused-ring (bicyclic) bond motifs is 1. The Morgan fingerprint density at radius 1 is 1.07 bits per heavy atom. The highest BCUT2D eigenvalue weighted by Gasteiger charge is 2.18. The van der Waals surface area contributed by atoms with Gasteiger partial charge in [-0.15, -0.1) is 11.6 Å². The van der Waals surface area contributed by atoms with Crippen molar-refractivity contribution >= 4 is 39.8 Å². The van der Waals surface area contributed by atoms with Crippen molar-refractivity contribution in [3.63, 3.8) is 0 Å². The van der Waals surface area contributed by atoms with Crippen molar-refractivity contribution < 1.29 is 0 Å². The first-order valence-corrected chi connectivity index (χ1v) is 9.80. The van der Waals surface area contributed by atoms with Crippen LogP contribution in [-0.4, -0.2) is 47.7 Å². The number of piperazine rings is 1. The zero-order valence-electron chi connectivity index (χ0n) is 15.0. The summed E-state index contributed by atoms with van der Waals surface area (Å²) in [5.74, 6) is 0.603. The number of hydrogen-bond acceptors (Lipinski definition) is 4. The summed E-state index contributed by atoms with van der Waals surface area (Å²) in [6.07, 6.45) is 0. The number of benzene rings is 2. The number of aromatic nitrogens is 2. The maximum Gasteiger partial charge on any atom is 0.266 e. The third-order valence-corrected chi connectivity index (χ3v) is 5.56. The highest BCUT2D eigenvalue weighted by Crippen LogP contribution is 2.24. The zero-order chi connectivity index (χ0) is 19.0. The van der Waals surface area contributed by atoms with Crippen LogP contribution in [0.2, 0.25) is 5.02 Å². The van der Waals surface area contributed by atoms with Crippen molar-refractivity contribution in [2.45, 2.75) is 5.88 Å². The number of alkyl halides is 1. The fraction of sp³-hybridized carbons (Fsp3) is 0.300. The largest absolute Gasteiger partial charge is 0.369 e.